The van der Waals surface area contributed by atoms with Crippen LogP contribution < -0.4 is 0 Å². The van der Waals surface area contributed by atoms with Gasteiger partial charge >= 0.3 is 18.2 Å². The minimum absolute atomic E-state index is 0.0790. The van der Waals surface area contributed by atoms with Gasteiger partial charge in [-0.1, -0.05) is 62.4 Å². The molecule has 0 unspecified atom stereocenters. The molecule has 0 bridgehead atoms. The van der Waals surface area contributed by atoms with Gasteiger partial charge < -0.3 is 9.47 Å². The van der Waals surface area contributed by atoms with Gasteiger partial charge in [-0.3, -0.25) is 0 Å². The normalized spacial score (nSPS) is 18.5. The van der Waals surface area contributed by atoms with Crippen molar-refractivity contribution in [1.29, 1.82) is 0 Å². The van der Waals surface area contributed by atoms with E-state index in [0.29, 0.717) is 0 Å². The molecule has 0 N–H and O–H groups in total. The van der Waals surface area contributed by atoms with Gasteiger partial charge in [-0.2, -0.15) is 4.90 Å². The summed E-state index contributed by atoms with van der Waals surface area (Å²) in [5.41, 5.74) is 4.38. The Morgan fingerprint density at radius 3 is 2.15 bits per heavy atom. The van der Waals surface area contributed by atoms with Crippen molar-refractivity contribution in [2.45, 2.75) is 25.8 Å². The van der Waals surface area contributed by atoms with Crippen LogP contribution >= 0.6 is 0 Å². The fraction of sp³-hybridized carbons (Fsp3) is 0.286. The Hall–Kier alpha value is -3.15. The van der Waals surface area contributed by atoms with Gasteiger partial charge in [0.1, 0.15) is 12.6 Å². The van der Waals surface area contributed by atoms with E-state index in [1.54, 1.807) is 13.8 Å². The van der Waals surface area contributed by atoms with Crippen molar-refractivity contribution in [2.24, 2.45) is 5.92 Å². The van der Waals surface area contributed by atoms with Crippen molar-refractivity contribution in [1.82, 2.24) is 4.90 Å². The van der Waals surface area contributed by atoms with Gasteiger partial charge in [0.15, 0.2) is 0 Å². The topological polar surface area (TPSA) is 72.9 Å². The van der Waals surface area contributed by atoms with Crippen LogP contribution in [0.25, 0.3) is 11.1 Å². The Bertz CT molecular complexity index is 890. The number of carbonyl (C=O) groups is 3. The molecule has 2 aliphatic rings. The molecule has 1 saturated heterocycles. The second-order valence-corrected chi connectivity index (χ2v) is 7.05. The Kier molecular flexibility index (Phi) is 4.18. The highest BCUT2D eigenvalue weighted by molar-refractivity contribution is 6.04. The van der Waals surface area contributed by atoms with E-state index in [1.165, 1.54) is 0 Å². The SMILES string of the molecule is CC(C)[C@H]1C(=O)OC(=O)N1C(=O)OCC1c2ccccc2-c2ccccc21. The van der Waals surface area contributed by atoms with Crippen molar-refractivity contribution in [3.8, 4) is 11.1 Å². The number of nitrogens with zero attached hydrogens (tertiary/aromatic N) is 1. The van der Waals surface area contributed by atoms with Crippen LogP contribution in [0.5, 0.6) is 0 Å². The van der Waals surface area contributed by atoms with Crippen molar-refractivity contribution >= 4 is 18.2 Å². The predicted octanol–water partition coefficient (Wildman–Crippen LogP) is 3.94. The number of imide groups is 1. The summed E-state index contributed by atoms with van der Waals surface area (Å²) in [6.45, 7) is 3.57. The third-order valence-electron chi connectivity index (χ3n) is 5.07. The highest BCUT2D eigenvalue weighted by atomic mass is 16.6. The average molecular weight is 365 g/mol. The first-order valence-electron chi connectivity index (χ1n) is 8.89. The molecule has 6 heteroatoms. The minimum Gasteiger partial charge on any atom is -0.448 e. The number of cyclic esters (lactones) is 2. The molecule has 4 rings (SSSR count). The van der Waals surface area contributed by atoms with Crippen LogP contribution in [-0.4, -0.2) is 35.7 Å². The summed E-state index contributed by atoms with van der Waals surface area (Å²) < 4.78 is 10.1. The van der Waals surface area contributed by atoms with Crippen LogP contribution in [0.1, 0.15) is 30.9 Å². The van der Waals surface area contributed by atoms with E-state index in [9.17, 15) is 14.4 Å². The summed E-state index contributed by atoms with van der Waals surface area (Å²) in [6.07, 6.45) is -1.83. The summed E-state index contributed by atoms with van der Waals surface area (Å²) in [6, 6.07) is 15.0. The predicted molar refractivity (Wildman–Crippen MR) is 97.0 cm³/mol. The van der Waals surface area contributed by atoms with Gasteiger partial charge in [0.05, 0.1) is 0 Å². The standard InChI is InChI=1S/C21H19NO5/c1-12(2)18-19(23)27-21(25)22(18)20(24)26-11-17-15-9-5-3-7-13(15)14-8-4-6-10-16(14)17/h3-10,12,17-18H,11H2,1-2H3/t18-/m0/s1. The molecule has 2 aromatic carbocycles. The Morgan fingerprint density at radius 1 is 1.04 bits per heavy atom. The molecule has 1 aliphatic heterocycles. The molecule has 0 saturated carbocycles. The van der Waals surface area contributed by atoms with Gasteiger partial charge in [0.25, 0.3) is 0 Å². The molecular formula is C21H19NO5. The molecule has 0 spiro atoms. The van der Waals surface area contributed by atoms with E-state index in [1.807, 2.05) is 48.5 Å². The van der Waals surface area contributed by atoms with E-state index < -0.39 is 24.2 Å². The maximum atomic E-state index is 12.5. The fourth-order valence-electron chi connectivity index (χ4n) is 3.84. The molecule has 1 aliphatic carbocycles. The van der Waals surface area contributed by atoms with E-state index >= 15 is 0 Å². The number of amides is 2. The van der Waals surface area contributed by atoms with Gasteiger partial charge in [0, 0.05) is 5.92 Å². The summed E-state index contributed by atoms with van der Waals surface area (Å²) >= 11 is 0. The molecule has 1 fully saturated rings. The van der Waals surface area contributed by atoms with Crippen molar-refractivity contribution < 1.29 is 23.9 Å². The summed E-state index contributed by atoms with van der Waals surface area (Å²) in [4.78, 5) is 37.1. The van der Waals surface area contributed by atoms with Crippen LogP contribution in [0.15, 0.2) is 48.5 Å². The van der Waals surface area contributed by atoms with Gasteiger partial charge in [0.2, 0.25) is 0 Å². The lowest BCUT2D eigenvalue weighted by Gasteiger charge is -2.21. The maximum Gasteiger partial charge on any atom is 0.427 e. The largest absolute Gasteiger partial charge is 0.448 e. The number of hydrogen-bond acceptors (Lipinski definition) is 5. The zero-order valence-electron chi connectivity index (χ0n) is 15.0. The molecule has 27 heavy (non-hydrogen) atoms. The third-order valence-corrected chi connectivity index (χ3v) is 5.07. The lowest BCUT2D eigenvalue weighted by molar-refractivity contribution is -0.136. The van der Waals surface area contributed by atoms with E-state index in [4.69, 9.17) is 4.74 Å². The number of rotatable bonds is 3. The molecule has 2 aromatic rings. The molecule has 2 amide bonds. The van der Waals surface area contributed by atoms with Crippen LogP contribution in [0, 0.1) is 5.92 Å². The van der Waals surface area contributed by atoms with Crippen molar-refractivity contribution in [2.75, 3.05) is 6.61 Å². The van der Waals surface area contributed by atoms with Crippen LogP contribution in [0.3, 0.4) is 0 Å². The first-order valence-corrected chi connectivity index (χ1v) is 8.89. The zero-order chi connectivity index (χ0) is 19.1. The monoisotopic (exact) mass is 365 g/mol. The smallest absolute Gasteiger partial charge is 0.427 e. The number of hydrogen-bond donors (Lipinski definition) is 0. The Balaban J connectivity index is 1.56. The number of esters is 1. The number of benzene rings is 2. The average Bonchev–Trinajstić information content (AvgIpc) is 3.13. The van der Waals surface area contributed by atoms with Crippen LogP contribution in [0.2, 0.25) is 0 Å². The quantitative estimate of drug-likeness (QED) is 0.608. The molecular weight excluding hydrogens is 346 g/mol. The fourth-order valence-corrected chi connectivity index (χ4v) is 3.84. The number of carbonyl (C=O) groups excluding carboxylic acids is 3. The maximum absolute atomic E-state index is 12.5. The number of fused-ring (bicyclic) bond motifs is 3. The van der Waals surface area contributed by atoms with E-state index in [0.717, 1.165) is 27.2 Å². The van der Waals surface area contributed by atoms with Crippen LogP contribution in [-0.2, 0) is 14.3 Å². The third kappa shape index (κ3) is 2.77. The summed E-state index contributed by atoms with van der Waals surface area (Å²) in [5, 5.41) is 0. The van der Waals surface area contributed by atoms with E-state index in [-0.39, 0.29) is 18.4 Å². The molecule has 0 aromatic heterocycles. The number of ether oxygens (including phenoxy) is 2. The lowest BCUT2D eigenvalue weighted by atomic mass is 9.98. The second-order valence-electron chi connectivity index (χ2n) is 7.05. The highest BCUT2D eigenvalue weighted by Crippen LogP contribution is 2.44. The molecule has 0 radical (unpaired) electrons. The summed E-state index contributed by atoms with van der Waals surface area (Å²) in [5.74, 6) is -1.10. The van der Waals surface area contributed by atoms with Crippen molar-refractivity contribution in [3.05, 3.63) is 59.7 Å². The lowest BCUT2D eigenvalue weighted by Crippen LogP contribution is -2.43. The van der Waals surface area contributed by atoms with Gasteiger partial charge in [-0.25, -0.2) is 14.4 Å². The Labute approximate surface area is 156 Å². The second kappa shape index (κ2) is 6.54. The first-order chi connectivity index (χ1) is 13.0. The zero-order valence-corrected chi connectivity index (χ0v) is 15.0. The molecule has 6 nitrogen and oxygen atoms in total. The molecule has 138 valence electrons. The molecule has 1 heterocycles. The minimum atomic E-state index is -0.976. The van der Waals surface area contributed by atoms with E-state index in [2.05, 4.69) is 4.74 Å². The van der Waals surface area contributed by atoms with Gasteiger partial charge in [-0.05, 0) is 28.2 Å². The van der Waals surface area contributed by atoms with Gasteiger partial charge in [-0.15, -0.1) is 0 Å². The first kappa shape index (κ1) is 17.3. The Morgan fingerprint density at radius 2 is 1.59 bits per heavy atom. The highest BCUT2D eigenvalue weighted by Gasteiger charge is 2.48. The van der Waals surface area contributed by atoms with Crippen LogP contribution in [0.4, 0.5) is 9.59 Å². The molecule has 1 atom stereocenters. The van der Waals surface area contributed by atoms with Crippen molar-refractivity contribution in [3.63, 3.8) is 0 Å². The summed E-state index contributed by atoms with van der Waals surface area (Å²) in [7, 11) is 0.